The van der Waals surface area contributed by atoms with Gasteiger partial charge in [0.15, 0.2) is 6.61 Å². The summed E-state index contributed by atoms with van der Waals surface area (Å²) >= 11 is 0. The van der Waals surface area contributed by atoms with E-state index >= 15 is 0 Å². The largest absolute Gasteiger partial charge is 0.484 e. The molecule has 0 saturated carbocycles. The SMILES string of the molecule is CC(C)c1ccc(OCC(=O)NNC(=O)CCC(=O)OCCCc2ccccc2)cc1. The molecule has 0 heterocycles. The fourth-order valence-electron chi connectivity index (χ4n) is 2.73. The Morgan fingerprint density at radius 3 is 2.23 bits per heavy atom. The third-order valence-electron chi connectivity index (χ3n) is 4.53. The van der Waals surface area contributed by atoms with Crippen LogP contribution in [0.15, 0.2) is 54.6 Å². The van der Waals surface area contributed by atoms with E-state index in [0.29, 0.717) is 18.3 Å². The van der Waals surface area contributed by atoms with Gasteiger partial charge in [-0.1, -0.05) is 56.3 Å². The summed E-state index contributed by atoms with van der Waals surface area (Å²) in [5.41, 5.74) is 6.89. The predicted octanol–water partition coefficient (Wildman–Crippen LogP) is 3.29. The molecular formula is C24H30N2O5. The van der Waals surface area contributed by atoms with Crippen LogP contribution < -0.4 is 15.6 Å². The second kappa shape index (κ2) is 13.1. The molecule has 0 saturated heterocycles. The fraction of sp³-hybridized carbons (Fsp3) is 0.375. The van der Waals surface area contributed by atoms with Gasteiger partial charge in [0.25, 0.3) is 5.91 Å². The Morgan fingerprint density at radius 2 is 1.55 bits per heavy atom. The van der Waals surface area contributed by atoms with Crippen molar-refractivity contribution in [3.8, 4) is 5.75 Å². The molecule has 0 aliphatic carbocycles. The van der Waals surface area contributed by atoms with Crippen molar-refractivity contribution in [1.29, 1.82) is 0 Å². The highest BCUT2D eigenvalue weighted by Gasteiger charge is 2.10. The normalized spacial score (nSPS) is 10.4. The average Bonchev–Trinajstić information content (AvgIpc) is 2.78. The van der Waals surface area contributed by atoms with Gasteiger partial charge in [0.2, 0.25) is 5.91 Å². The minimum absolute atomic E-state index is 0.0499. The van der Waals surface area contributed by atoms with Crippen LogP contribution in [-0.4, -0.2) is 31.0 Å². The van der Waals surface area contributed by atoms with Crippen LogP contribution in [0.5, 0.6) is 5.75 Å². The number of benzene rings is 2. The Balaban J connectivity index is 1.53. The summed E-state index contributed by atoms with van der Waals surface area (Å²) in [6.45, 7) is 4.27. The zero-order chi connectivity index (χ0) is 22.5. The lowest BCUT2D eigenvalue weighted by molar-refractivity contribution is -0.145. The molecular weight excluding hydrogens is 396 g/mol. The van der Waals surface area contributed by atoms with E-state index in [1.165, 1.54) is 11.1 Å². The monoisotopic (exact) mass is 426 g/mol. The van der Waals surface area contributed by atoms with Gasteiger partial charge in [-0.15, -0.1) is 0 Å². The summed E-state index contributed by atoms with van der Waals surface area (Å²) in [5.74, 6) is -0.427. The van der Waals surface area contributed by atoms with Crippen molar-refractivity contribution in [2.24, 2.45) is 0 Å². The molecule has 2 aromatic carbocycles. The van der Waals surface area contributed by atoms with Crippen LogP contribution in [0.25, 0.3) is 0 Å². The molecule has 31 heavy (non-hydrogen) atoms. The fourth-order valence-corrected chi connectivity index (χ4v) is 2.73. The van der Waals surface area contributed by atoms with Crippen molar-refractivity contribution in [3.05, 3.63) is 65.7 Å². The number of esters is 1. The first-order valence-electron chi connectivity index (χ1n) is 10.4. The van der Waals surface area contributed by atoms with Gasteiger partial charge in [0, 0.05) is 6.42 Å². The maximum Gasteiger partial charge on any atom is 0.306 e. The van der Waals surface area contributed by atoms with Gasteiger partial charge in [-0.25, -0.2) is 0 Å². The summed E-state index contributed by atoms with van der Waals surface area (Å²) < 4.78 is 10.5. The summed E-state index contributed by atoms with van der Waals surface area (Å²) in [4.78, 5) is 35.3. The zero-order valence-electron chi connectivity index (χ0n) is 18.1. The Labute approximate surface area is 183 Å². The van der Waals surface area contributed by atoms with E-state index in [1.807, 2.05) is 42.5 Å². The maximum absolute atomic E-state index is 11.8. The number of nitrogens with one attached hydrogen (secondary N) is 2. The van der Waals surface area contributed by atoms with E-state index in [0.717, 1.165) is 12.8 Å². The summed E-state index contributed by atoms with van der Waals surface area (Å²) in [7, 11) is 0. The number of aryl methyl sites for hydroxylation is 1. The molecule has 2 N–H and O–H groups in total. The molecule has 0 unspecified atom stereocenters. The smallest absolute Gasteiger partial charge is 0.306 e. The molecule has 0 fully saturated rings. The molecule has 2 amide bonds. The second-order valence-electron chi connectivity index (χ2n) is 7.42. The summed E-state index contributed by atoms with van der Waals surface area (Å²) in [5, 5.41) is 0. The zero-order valence-corrected chi connectivity index (χ0v) is 18.1. The predicted molar refractivity (Wildman–Crippen MR) is 117 cm³/mol. The number of hydrogen-bond acceptors (Lipinski definition) is 5. The first-order valence-corrected chi connectivity index (χ1v) is 10.4. The summed E-state index contributed by atoms with van der Waals surface area (Å²) in [6.07, 6.45) is 1.42. The van der Waals surface area contributed by atoms with E-state index in [2.05, 4.69) is 24.7 Å². The molecule has 0 aromatic heterocycles. The first kappa shape index (κ1) is 23.9. The van der Waals surface area contributed by atoms with Crippen LogP contribution >= 0.6 is 0 Å². The molecule has 0 atom stereocenters. The van der Waals surface area contributed by atoms with Crippen LogP contribution in [0.2, 0.25) is 0 Å². The highest BCUT2D eigenvalue weighted by Crippen LogP contribution is 2.18. The van der Waals surface area contributed by atoms with Gasteiger partial charge >= 0.3 is 5.97 Å². The number of hydrazine groups is 1. The minimum atomic E-state index is -0.496. The van der Waals surface area contributed by atoms with E-state index < -0.39 is 17.8 Å². The Hall–Kier alpha value is -3.35. The van der Waals surface area contributed by atoms with E-state index in [9.17, 15) is 14.4 Å². The van der Waals surface area contributed by atoms with Crippen molar-refractivity contribution < 1.29 is 23.9 Å². The topological polar surface area (TPSA) is 93.7 Å². The lowest BCUT2D eigenvalue weighted by Crippen LogP contribution is -2.43. The van der Waals surface area contributed by atoms with Crippen molar-refractivity contribution in [2.45, 2.75) is 45.4 Å². The molecule has 0 radical (unpaired) electrons. The molecule has 0 aliphatic heterocycles. The van der Waals surface area contributed by atoms with Gasteiger partial charge in [-0.2, -0.15) is 0 Å². The van der Waals surface area contributed by atoms with Crippen LogP contribution in [0.1, 0.15) is 50.2 Å². The van der Waals surface area contributed by atoms with E-state index in [-0.39, 0.29) is 19.4 Å². The van der Waals surface area contributed by atoms with E-state index in [1.54, 1.807) is 12.1 Å². The van der Waals surface area contributed by atoms with Crippen molar-refractivity contribution >= 4 is 17.8 Å². The third kappa shape index (κ3) is 9.80. The molecule has 0 aliphatic rings. The molecule has 7 heteroatoms. The average molecular weight is 427 g/mol. The molecule has 166 valence electrons. The molecule has 0 bridgehead atoms. The summed E-state index contributed by atoms with van der Waals surface area (Å²) in [6, 6.07) is 17.4. The van der Waals surface area contributed by atoms with Crippen molar-refractivity contribution in [1.82, 2.24) is 10.9 Å². The van der Waals surface area contributed by atoms with E-state index in [4.69, 9.17) is 9.47 Å². The highest BCUT2D eigenvalue weighted by atomic mass is 16.5. The highest BCUT2D eigenvalue weighted by molar-refractivity contribution is 5.84. The molecule has 7 nitrogen and oxygen atoms in total. The number of carbonyl (C=O) groups excluding carboxylic acids is 3. The first-order chi connectivity index (χ1) is 14.9. The van der Waals surface area contributed by atoms with Gasteiger partial charge in [0.05, 0.1) is 13.0 Å². The van der Waals surface area contributed by atoms with Crippen molar-refractivity contribution in [3.63, 3.8) is 0 Å². The van der Waals surface area contributed by atoms with Crippen LogP contribution in [-0.2, 0) is 25.5 Å². The number of ether oxygens (including phenoxy) is 2. The van der Waals surface area contributed by atoms with Gasteiger partial charge in [0.1, 0.15) is 5.75 Å². The molecule has 0 spiro atoms. The third-order valence-corrected chi connectivity index (χ3v) is 4.53. The van der Waals surface area contributed by atoms with Crippen molar-refractivity contribution in [2.75, 3.05) is 13.2 Å². The standard InChI is InChI=1S/C24H30N2O5/c1-18(2)20-10-12-21(13-11-20)31-17-23(28)26-25-22(27)14-15-24(29)30-16-6-9-19-7-4-3-5-8-19/h3-5,7-8,10-13,18H,6,9,14-17H2,1-2H3,(H,25,27)(H,26,28). The van der Waals surface area contributed by atoms with Crippen LogP contribution in [0.3, 0.4) is 0 Å². The number of carbonyl (C=O) groups is 3. The number of rotatable bonds is 11. The Morgan fingerprint density at radius 1 is 0.871 bits per heavy atom. The van der Waals surface area contributed by atoms with Gasteiger partial charge < -0.3 is 9.47 Å². The lowest BCUT2D eigenvalue weighted by atomic mass is 10.0. The maximum atomic E-state index is 11.8. The lowest BCUT2D eigenvalue weighted by Gasteiger charge is -2.10. The second-order valence-corrected chi connectivity index (χ2v) is 7.42. The van der Waals surface area contributed by atoms with Gasteiger partial charge in [-0.05, 0) is 42.0 Å². The quantitative estimate of drug-likeness (QED) is 0.327. The Kier molecular flexibility index (Phi) is 10.1. The molecule has 2 aromatic rings. The Bertz CT molecular complexity index is 835. The van der Waals surface area contributed by atoms with Crippen LogP contribution in [0, 0.1) is 0 Å². The number of hydrogen-bond donors (Lipinski definition) is 2. The molecule has 2 rings (SSSR count). The minimum Gasteiger partial charge on any atom is -0.484 e. The van der Waals surface area contributed by atoms with Crippen LogP contribution in [0.4, 0.5) is 0 Å². The van der Waals surface area contributed by atoms with Gasteiger partial charge in [-0.3, -0.25) is 25.2 Å². The number of amides is 2.